The Labute approximate surface area is 159 Å². The van der Waals surface area contributed by atoms with Crippen molar-refractivity contribution >= 4 is 33.3 Å². The molecule has 0 aliphatic heterocycles. The number of ether oxygens (including phenoxy) is 1. The minimum atomic E-state index is -3.69. The number of nitrogens with one attached hydrogen (secondary N) is 1. The lowest BCUT2D eigenvalue weighted by Gasteiger charge is -2.28. The van der Waals surface area contributed by atoms with Gasteiger partial charge in [-0.15, -0.1) is 0 Å². The molecule has 27 heavy (non-hydrogen) atoms. The van der Waals surface area contributed by atoms with Gasteiger partial charge in [0.05, 0.1) is 24.6 Å². The van der Waals surface area contributed by atoms with E-state index in [-0.39, 0.29) is 0 Å². The third kappa shape index (κ3) is 4.65. The van der Waals surface area contributed by atoms with Crippen molar-refractivity contribution in [1.29, 1.82) is 0 Å². The van der Waals surface area contributed by atoms with Gasteiger partial charge < -0.3 is 10.1 Å². The number of sulfonamides is 1. The van der Waals surface area contributed by atoms with Crippen LogP contribution in [0.1, 0.15) is 22.8 Å². The summed E-state index contributed by atoms with van der Waals surface area (Å²) in [6, 6.07) is 12.2. The molecule has 0 unspecified atom stereocenters. The van der Waals surface area contributed by atoms with E-state index in [1.807, 2.05) is 0 Å². The summed E-state index contributed by atoms with van der Waals surface area (Å²) in [7, 11) is -2.42. The summed E-state index contributed by atoms with van der Waals surface area (Å²) in [6.45, 7) is 3.18. The van der Waals surface area contributed by atoms with Crippen molar-refractivity contribution in [2.45, 2.75) is 19.9 Å². The van der Waals surface area contributed by atoms with E-state index in [0.717, 1.165) is 10.6 Å². The van der Waals surface area contributed by atoms with Crippen LogP contribution in [0.2, 0.25) is 0 Å². The number of para-hydroxylation sites is 1. The van der Waals surface area contributed by atoms with Gasteiger partial charge in [0.15, 0.2) is 0 Å². The molecular weight excluding hydrogens is 368 g/mol. The summed E-state index contributed by atoms with van der Waals surface area (Å²) in [5.74, 6) is -1.03. The van der Waals surface area contributed by atoms with E-state index in [2.05, 4.69) is 5.32 Å². The Kier molecular flexibility index (Phi) is 6.22. The monoisotopic (exact) mass is 390 g/mol. The van der Waals surface area contributed by atoms with E-state index in [9.17, 15) is 18.0 Å². The van der Waals surface area contributed by atoms with Gasteiger partial charge in [0.25, 0.3) is 0 Å². The first-order chi connectivity index (χ1) is 12.7. The van der Waals surface area contributed by atoms with Crippen molar-refractivity contribution in [2.75, 3.05) is 23.0 Å². The summed E-state index contributed by atoms with van der Waals surface area (Å²) >= 11 is 0. The lowest BCUT2D eigenvalue weighted by molar-refractivity contribution is -0.116. The highest BCUT2D eigenvalue weighted by atomic mass is 32.2. The Morgan fingerprint density at radius 1 is 1.07 bits per heavy atom. The largest absolute Gasteiger partial charge is 0.465 e. The number of carbonyl (C=O) groups excluding carboxylic acids is 2. The third-order valence-corrected chi connectivity index (χ3v) is 5.34. The van der Waals surface area contributed by atoms with E-state index in [1.54, 1.807) is 55.5 Å². The van der Waals surface area contributed by atoms with Gasteiger partial charge in [-0.05, 0) is 43.7 Å². The van der Waals surface area contributed by atoms with E-state index < -0.39 is 27.9 Å². The Hall–Kier alpha value is -2.87. The summed E-state index contributed by atoms with van der Waals surface area (Å²) in [4.78, 5) is 24.6. The molecule has 0 aliphatic carbocycles. The quantitative estimate of drug-likeness (QED) is 0.765. The van der Waals surface area contributed by atoms with Crippen LogP contribution in [0.15, 0.2) is 48.5 Å². The van der Waals surface area contributed by atoms with Gasteiger partial charge in [0.2, 0.25) is 15.9 Å². The van der Waals surface area contributed by atoms with Gasteiger partial charge in [-0.1, -0.05) is 24.3 Å². The standard InChI is InChI=1S/C19H22N2O5S/c1-13-16(19(23)26-3)11-8-12-17(13)20-18(22)14(2)21(27(4,24)25)15-9-6-5-7-10-15/h5-12,14H,1-4H3,(H,20,22)/t14-/m1/s1. The summed E-state index contributed by atoms with van der Waals surface area (Å²) in [5, 5.41) is 2.70. The molecule has 2 aromatic rings. The van der Waals surface area contributed by atoms with Crippen LogP contribution in [-0.4, -0.2) is 39.7 Å². The predicted molar refractivity (Wildman–Crippen MR) is 104 cm³/mol. The van der Waals surface area contributed by atoms with Crippen molar-refractivity contribution in [3.8, 4) is 0 Å². The molecule has 0 aromatic heterocycles. The highest BCUT2D eigenvalue weighted by Crippen LogP contribution is 2.23. The predicted octanol–water partition coefficient (Wildman–Crippen LogP) is 2.57. The molecule has 2 rings (SSSR count). The first kappa shape index (κ1) is 20.4. The van der Waals surface area contributed by atoms with Gasteiger partial charge in [0, 0.05) is 5.69 Å². The zero-order valence-corrected chi connectivity index (χ0v) is 16.4. The van der Waals surface area contributed by atoms with Crippen LogP contribution in [0.4, 0.5) is 11.4 Å². The van der Waals surface area contributed by atoms with Crippen LogP contribution in [0.25, 0.3) is 0 Å². The van der Waals surface area contributed by atoms with Crippen molar-refractivity contribution in [3.05, 3.63) is 59.7 Å². The van der Waals surface area contributed by atoms with Gasteiger partial charge >= 0.3 is 5.97 Å². The van der Waals surface area contributed by atoms with Crippen molar-refractivity contribution in [2.24, 2.45) is 0 Å². The average molecular weight is 390 g/mol. The maximum atomic E-state index is 12.7. The zero-order valence-electron chi connectivity index (χ0n) is 15.6. The third-order valence-electron chi connectivity index (χ3n) is 4.10. The molecule has 144 valence electrons. The van der Waals surface area contributed by atoms with Crippen LogP contribution in [0.3, 0.4) is 0 Å². The molecule has 7 nitrogen and oxygen atoms in total. The molecule has 1 atom stereocenters. The van der Waals surface area contributed by atoms with Crippen LogP contribution < -0.4 is 9.62 Å². The lowest BCUT2D eigenvalue weighted by atomic mass is 10.1. The molecule has 0 saturated heterocycles. The fraction of sp³-hybridized carbons (Fsp3) is 0.263. The van der Waals surface area contributed by atoms with E-state index in [1.165, 1.54) is 14.0 Å². The second-order valence-corrected chi connectivity index (χ2v) is 7.89. The number of rotatable bonds is 6. The van der Waals surface area contributed by atoms with Crippen molar-refractivity contribution < 1.29 is 22.7 Å². The molecule has 1 N–H and O–H groups in total. The first-order valence-corrected chi connectivity index (χ1v) is 10.0. The molecule has 0 bridgehead atoms. The number of amides is 1. The van der Waals surface area contributed by atoms with E-state index >= 15 is 0 Å². The number of hydrogen-bond donors (Lipinski definition) is 1. The van der Waals surface area contributed by atoms with E-state index in [0.29, 0.717) is 22.5 Å². The van der Waals surface area contributed by atoms with Gasteiger partial charge in [-0.25, -0.2) is 13.2 Å². The van der Waals surface area contributed by atoms with Crippen molar-refractivity contribution in [1.82, 2.24) is 0 Å². The lowest BCUT2D eigenvalue weighted by Crippen LogP contribution is -2.45. The topological polar surface area (TPSA) is 92.8 Å². The molecule has 0 aliphatic rings. The summed E-state index contributed by atoms with van der Waals surface area (Å²) < 4.78 is 30.3. The van der Waals surface area contributed by atoms with Crippen LogP contribution in [0.5, 0.6) is 0 Å². The van der Waals surface area contributed by atoms with Gasteiger partial charge in [-0.2, -0.15) is 0 Å². The van der Waals surface area contributed by atoms with Crippen LogP contribution in [0, 0.1) is 6.92 Å². The molecular formula is C19H22N2O5S. The molecule has 0 saturated carbocycles. The fourth-order valence-corrected chi connectivity index (χ4v) is 3.90. The number of hydrogen-bond acceptors (Lipinski definition) is 5. The maximum Gasteiger partial charge on any atom is 0.338 e. The number of anilines is 2. The normalized spacial score (nSPS) is 12.1. The van der Waals surface area contributed by atoms with E-state index in [4.69, 9.17) is 4.74 Å². The van der Waals surface area contributed by atoms with Gasteiger partial charge in [-0.3, -0.25) is 9.10 Å². The Bertz CT molecular complexity index is 942. The molecule has 8 heteroatoms. The van der Waals surface area contributed by atoms with Crippen LogP contribution >= 0.6 is 0 Å². The molecule has 0 heterocycles. The second kappa shape index (κ2) is 8.22. The molecule has 1 amide bonds. The molecule has 2 aromatic carbocycles. The molecule has 0 fully saturated rings. The smallest absolute Gasteiger partial charge is 0.338 e. The average Bonchev–Trinajstić information content (AvgIpc) is 2.62. The molecule has 0 radical (unpaired) electrons. The fourth-order valence-electron chi connectivity index (χ4n) is 2.72. The maximum absolute atomic E-state index is 12.7. The Morgan fingerprint density at radius 3 is 2.26 bits per heavy atom. The van der Waals surface area contributed by atoms with Crippen molar-refractivity contribution in [3.63, 3.8) is 0 Å². The zero-order chi connectivity index (χ0) is 20.2. The summed E-state index contributed by atoms with van der Waals surface area (Å²) in [5.41, 5.74) is 1.67. The van der Waals surface area contributed by atoms with Gasteiger partial charge in [0.1, 0.15) is 6.04 Å². The molecule has 0 spiro atoms. The number of methoxy groups -OCH3 is 1. The minimum absolute atomic E-state index is 0.325. The highest BCUT2D eigenvalue weighted by molar-refractivity contribution is 7.92. The number of esters is 1. The Balaban J connectivity index is 2.33. The number of nitrogens with zero attached hydrogens (tertiary/aromatic N) is 1. The first-order valence-electron chi connectivity index (χ1n) is 8.20. The van der Waals surface area contributed by atoms with Crippen LogP contribution in [-0.2, 0) is 19.6 Å². The minimum Gasteiger partial charge on any atom is -0.465 e. The second-order valence-electron chi connectivity index (χ2n) is 6.03. The summed E-state index contributed by atoms with van der Waals surface area (Å²) in [6.07, 6.45) is 1.05. The Morgan fingerprint density at radius 2 is 1.70 bits per heavy atom. The number of benzene rings is 2. The SMILES string of the molecule is COC(=O)c1cccc(NC(=O)[C@@H](C)N(c2ccccc2)S(C)(=O)=O)c1C. The number of carbonyl (C=O) groups is 2. The highest BCUT2D eigenvalue weighted by Gasteiger charge is 2.29.